The third-order valence-electron chi connectivity index (χ3n) is 6.48. The van der Waals surface area contributed by atoms with Crippen LogP contribution in [0, 0.1) is 5.92 Å². The van der Waals surface area contributed by atoms with Crippen molar-refractivity contribution in [1.82, 2.24) is 19.9 Å². The summed E-state index contributed by atoms with van der Waals surface area (Å²) < 4.78 is 114. The van der Waals surface area contributed by atoms with Crippen molar-refractivity contribution < 1.29 is 44.3 Å². The number of fused-ring (bicyclic) bond motifs is 1. The molecule has 0 aliphatic heterocycles. The van der Waals surface area contributed by atoms with E-state index in [-0.39, 0.29) is 47.5 Å². The molecule has 1 unspecified atom stereocenters. The third-order valence-corrected chi connectivity index (χ3v) is 7.83. The van der Waals surface area contributed by atoms with Gasteiger partial charge in [0.15, 0.2) is 0 Å². The molecule has 0 saturated heterocycles. The molecular formula is C27H23F6N5O5S. The number of ether oxygens (including phenoxy) is 1. The summed E-state index contributed by atoms with van der Waals surface area (Å²) >= 11 is 0. The predicted molar refractivity (Wildman–Crippen MR) is 146 cm³/mol. The number of nitrogens with zero attached hydrogens (tertiary/aromatic N) is 3. The molecular weight excluding hydrogens is 620 g/mol. The van der Waals surface area contributed by atoms with Gasteiger partial charge in [-0.15, -0.1) is 0 Å². The number of amides is 1. The first-order valence-corrected chi connectivity index (χ1v) is 14.0. The Morgan fingerprint density at radius 3 is 2.18 bits per heavy atom. The third kappa shape index (κ3) is 6.77. The monoisotopic (exact) mass is 643 g/mol. The van der Waals surface area contributed by atoms with Gasteiger partial charge >= 0.3 is 12.4 Å². The molecule has 44 heavy (non-hydrogen) atoms. The zero-order chi connectivity index (χ0) is 32.6. The molecule has 2 N–H and O–H groups in total. The SMILES string of the molecule is CNC(=O)C(C)Cn1cnc2ccc(-c3cnc(OC)c(NS(=O)(=O)c4cc(C(F)(F)F)cc(C(F)(F)F)c4)c3)cc2c1=O. The fraction of sp³-hybridized carbons (Fsp3) is 0.259. The maximum absolute atomic E-state index is 13.3. The van der Waals surface area contributed by atoms with Crippen molar-refractivity contribution in [1.29, 1.82) is 0 Å². The molecule has 0 radical (unpaired) electrons. The largest absolute Gasteiger partial charge is 0.480 e. The summed E-state index contributed by atoms with van der Waals surface area (Å²) in [6, 6.07) is 5.64. The number of pyridine rings is 1. The quantitative estimate of drug-likeness (QED) is 0.267. The lowest BCUT2D eigenvalue weighted by atomic mass is 10.0. The van der Waals surface area contributed by atoms with Gasteiger partial charge in [-0.2, -0.15) is 26.3 Å². The normalized spacial score (nSPS) is 13.0. The molecule has 2 aromatic carbocycles. The molecule has 10 nitrogen and oxygen atoms in total. The number of hydrogen-bond donors (Lipinski definition) is 2. The van der Waals surface area contributed by atoms with Crippen LogP contribution in [0.4, 0.5) is 32.0 Å². The molecule has 2 heterocycles. The first kappa shape index (κ1) is 32.2. The number of halogens is 6. The fourth-order valence-corrected chi connectivity index (χ4v) is 5.34. The van der Waals surface area contributed by atoms with Crippen LogP contribution in [0.2, 0.25) is 0 Å². The molecule has 0 fully saturated rings. The predicted octanol–water partition coefficient (Wildman–Crippen LogP) is 4.69. The van der Waals surface area contributed by atoms with Gasteiger partial charge in [0.1, 0.15) is 5.69 Å². The molecule has 1 atom stereocenters. The number of carbonyl (C=O) groups excluding carboxylic acids is 1. The van der Waals surface area contributed by atoms with E-state index in [1.807, 2.05) is 4.72 Å². The molecule has 2 aromatic heterocycles. The van der Waals surface area contributed by atoms with E-state index in [1.165, 1.54) is 48.4 Å². The van der Waals surface area contributed by atoms with E-state index < -0.39 is 55.6 Å². The highest BCUT2D eigenvalue weighted by molar-refractivity contribution is 7.92. The lowest BCUT2D eigenvalue weighted by Crippen LogP contribution is -2.32. The number of sulfonamides is 1. The summed E-state index contributed by atoms with van der Waals surface area (Å²) in [5, 5.41) is 2.64. The van der Waals surface area contributed by atoms with Gasteiger partial charge in [-0.25, -0.2) is 18.4 Å². The van der Waals surface area contributed by atoms with Crippen molar-refractivity contribution >= 4 is 32.5 Å². The summed E-state index contributed by atoms with van der Waals surface area (Å²) in [4.78, 5) is 32.0. The number of benzene rings is 2. The van der Waals surface area contributed by atoms with Crippen LogP contribution in [0.1, 0.15) is 18.1 Å². The molecule has 0 aliphatic carbocycles. The van der Waals surface area contributed by atoms with E-state index in [2.05, 4.69) is 15.3 Å². The number of aromatic nitrogens is 3. The van der Waals surface area contributed by atoms with Gasteiger partial charge in [0.05, 0.1) is 46.3 Å². The number of hydrogen-bond acceptors (Lipinski definition) is 7. The van der Waals surface area contributed by atoms with Crippen LogP contribution in [-0.4, -0.2) is 43.0 Å². The highest BCUT2D eigenvalue weighted by Crippen LogP contribution is 2.38. The average molecular weight is 644 g/mol. The number of carbonyl (C=O) groups is 1. The Balaban J connectivity index is 1.76. The summed E-state index contributed by atoms with van der Waals surface area (Å²) in [7, 11) is -2.46. The van der Waals surface area contributed by atoms with Crippen LogP contribution < -0.4 is 20.3 Å². The van der Waals surface area contributed by atoms with Crippen LogP contribution >= 0.6 is 0 Å². The number of anilines is 1. The second-order valence-electron chi connectivity index (χ2n) is 9.58. The van der Waals surface area contributed by atoms with Crippen molar-refractivity contribution in [3.05, 3.63) is 76.5 Å². The number of rotatable bonds is 8. The van der Waals surface area contributed by atoms with E-state index >= 15 is 0 Å². The van der Waals surface area contributed by atoms with E-state index in [9.17, 15) is 44.3 Å². The fourth-order valence-electron chi connectivity index (χ4n) is 4.22. The maximum Gasteiger partial charge on any atom is 0.416 e. The maximum atomic E-state index is 13.3. The topological polar surface area (TPSA) is 132 Å². The standard InChI is InChI=1S/C27H23F6N5O5S/c1-14(23(39)34-2)12-38-13-36-21-5-4-15(6-20(21)25(38)40)16-7-22(24(43-3)35-11-16)37-44(41,42)19-9-17(26(28,29)30)8-18(10-19)27(31,32)33/h4-11,13-14,37H,12H2,1-3H3,(H,34,39). The number of nitrogens with one attached hydrogen (secondary N) is 2. The van der Waals surface area contributed by atoms with E-state index in [0.717, 1.165) is 7.11 Å². The van der Waals surface area contributed by atoms with Gasteiger partial charge in [-0.3, -0.25) is 18.9 Å². The summed E-state index contributed by atoms with van der Waals surface area (Å²) in [5.41, 5.74) is -3.64. The summed E-state index contributed by atoms with van der Waals surface area (Å²) in [5.74, 6) is -1.18. The highest BCUT2D eigenvalue weighted by Gasteiger charge is 2.38. The highest BCUT2D eigenvalue weighted by atomic mass is 32.2. The Kier molecular flexibility index (Phi) is 8.64. The van der Waals surface area contributed by atoms with Crippen LogP contribution in [0.25, 0.3) is 22.0 Å². The van der Waals surface area contributed by atoms with Crippen molar-refractivity contribution in [2.45, 2.75) is 30.7 Å². The Labute approximate surface area is 245 Å². The molecule has 4 rings (SSSR count). The Bertz CT molecular complexity index is 1880. The minimum Gasteiger partial charge on any atom is -0.480 e. The van der Waals surface area contributed by atoms with Crippen molar-refractivity contribution in [2.75, 3.05) is 18.9 Å². The number of alkyl halides is 6. The zero-order valence-corrected chi connectivity index (χ0v) is 23.9. The molecule has 0 bridgehead atoms. The van der Waals surface area contributed by atoms with E-state index in [1.54, 1.807) is 6.92 Å². The average Bonchev–Trinajstić information content (AvgIpc) is 2.96. The van der Waals surface area contributed by atoms with E-state index in [4.69, 9.17) is 4.74 Å². The minimum absolute atomic E-state index is 0.0350. The van der Waals surface area contributed by atoms with Gasteiger partial charge in [0, 0.05) is 25.4 Å². The van der Waals surface area contributed by atoms with Crippen molar-refractivity contribution in [3.63, 3.8) is 0 Å². The first-order chi connectivity index (χ1) is 20.4. The van der Waals surface area contributed by atoms with Gasteiger partial charge in [0.2, 0.25) is 11.8 Å². The van der Waals surface area contributed by atoms with Crippen LogP contribution in [0.3, 0.4) is 0 Å². The van der Waals surface area contributed by atoms with Crippen LogP contribution in [0.5, 0.6) is 5.88 Å². The molecule has 1 amide bonds. The summed E-state index contributed by atoms with van der Waals surface area (Å²) in [6.07, 6.45) is -7.99. The molecule has 234 valence electrons. The second kappa shape index (κ2) is 11.8. The Morgan fingerprint density at radius 1 is 0.977 bits per heavy atom. The zero-order valence-electron chi connectivity index (χ0n) is 23.0. The minimum atomic E-state index is -5.27. The molecule has 17 heteroatoms. The lowest BCUT2D eigenvalue weighted by molar-refractivity contribution is -0.143. The van der Waals surface area contributed by atoms with E-state index in [0.29, 0.717) is 11.1 Å². The van der Waals surface area contributed by atoms with Gasteiger partial charge in [0.25, 0.3) is 15.6 Å². The smallest absolute Gasteiger partial charge is 0.416 e. The van der Waals surface area contributed by atoms with Gasteiger partial charge in [-0.1, -0.05) is 13.0 Å². The van der Waals surface area contributed by atoms with Crippen LogP contribution in [-0.2, 0) is 33.7 Å². The molecule has 0 saturated carbocycles. The molecule has 0 spiro atoms. The molecule has 0 aliphatic rings. The van der Waals surface area contributed by atoms with Gasteiger partial charge in [-0.05, 0) is 42.0 Å². The summed E-state index contributed by atoms with van der Waals surface area (Å²) in [6.45, 7) is 1.66. The van der Waals surface area contributed by atoms with Crippen molar-refractivity contribution in [3.8, 4) is 17.0 Å². The van der Waals surface area contributed by atoms with Crippen LogP contribution in [0.15, 0.2) is 64.7 Å². The Hall–Kier alpha value is -4.67. The molecule has 4 aromatic rings. The Morgan fingerprint density at radius 2 is 1.61 bits per heavy atom. The van der Waals surface area contributed by atoms with Gasteiger partial charge < -0.3 is 10.1 Å². The second-order valence-corrected chi connectivity index (χ2v) is 11.3. The lowest BCUT2D eigenvalue weighted by Gasteiger charge is -2.16. The number of methoxy groups -OCH3 is 1. The van der Waals surface area contributed by atoms with Crippen molar-refractivity contribution in [2.24, 2.45) is 5.92 Å². The first-order valence-electron chi connectivity index (χ1n) is 12.5.